The van der Waals surface area contributed by atoms with Gasteiger partial charge in [0.1, 0.15) is 5.76 Å². The molecule has 138 valence electrons. The van der Waals surface area contributed by atoms with Gasteiger partial charge in [0.15, 0.2) is 5.82 Å². The fraction of sp³-hybridized carbons (Fsp3) is 0.263. The number of nitrogens with one attached hydrogen (secondary N) is 1. The van der Waals surface area contributed by atoms with E-state index in [4.69, 9.17) is 4.42 Å². The molecule has 1 N–H and O–H groups in total. The maximum absolute atomic E-state index is 12.7. The molecular formula is C19H19N5O3. The quantitative estimate of drug-likeness (QED) is 0.645. The first-order valence-electron chi connectivity index (χ1n) is 8.81. The number of amides is 1. The van der Waals surface area contributed by atoms with Gasteiger partial charge in [0.25, 0.3) is 0 Å². The van der Waals surface area contributed by atoms with Gasteiger partial charge in [-0.3, -0.25) is 14.3 Å². The third kappa shape index (κ3) is 3.89. The highest BCUT2D eigenvalue weighted by Crippen LogP contribution is 2.36. The van der Waals surface area contributed by atoms with Crippen LogP contribution in [0.3, 0.4) is 0 Å². The Kier molecular flexibility index (Phi) is 4.69. The number of nitrogens with zero attached hydrogens (tertiary/aromatic N) is 4. The molecule has 0 saturated heterocycles. The van der Waals surface area contributed by atoms with Gasteiger partial charge in [-0.2, -0.15) is 0 Å². The van der Waals surface area contributed by atoms with Crippen molar-refractivity contribution < 1.29 is 9.21 Å². The van der Waals surface area contributed by atoms with Crippen LogP contribution < -0.4 is 11.0 Å². The molecular weight excluding hydrogens is 346 g/mol. The average Bonchev–Trinajstić information content (AvgIpc) is 3.27. The summed E-state index contributed by atoms with van der Waals surface area (Å²) in [6.45, 7) is 0.599. The Balaban J connectivity index is 1.43. The van der Waals surface area contributed by atoms with Crippen molar-refractivity contribution in [3.63, 3.8) is 0 Å². The summed E-state index contributed by atoms with van der Waals surface area (Å²) in [6.07, 6.45) is 9.87. The smallest absolute Gasteiger partial charge is 0.346 e. The van der Waals surface area contributed by atoms with Gasteiger partial charge in [-0.15, -0.1) is 5.10 Å². The molecule has 3 heterocycles. The third-order valence-corrected chi connectivity index (χ3v) is 4.27. The second kappa shape index (κ2) is 7.45. The maximum Gasteiger partial charge on any atom is 0.346 e. The largest absolute Gasteiger partial charge is 0.465 e. The third-order valence-electron chi connectivity index (χ3n) is 4.27. The van der Waals surface area contributed by atoms with E-state index in [9.17, 15) is 9.59 Å². The highest BCUT2D eigenvalue weighted by Gasteiger charge is 2.30. The van der Waals surface area contributed by atoms with E-state index in [0.717, 1.165) is 18.4 Å². The Morgan fingerprint density at radius 3 is 2.93 bits per heavy atom. The normalized spacial score (nSPS) is 13.9. The van der Waals surface area contributed by atoms with Crippen LogP contribution in [0.15, 0.2) is 58.2 Å². The molecule has 8 heteroatoms. The molecule has 0 radical (unpaired) electrons. The Labute approximate surface area is 155 Å². The van der Waals surface area contributed by atoms with E-state index in [2.05, 4.69) is 15.4 Å². The first-order chi connectivity index (χ1) is 13.2. The summed E-state index contributed by atoms with van der Waals surface area (Å²) in [5.74, 6) is 0.971. The summed E-state index contributed by atoms with van der Waals surface area (Å²) in [7, 11) is 0. The molecule has 3 aromatic rings. The minimum atomic E-state index is -0.256. The van der Waals surface area contributed by atoms with E-state index in [0.29, 0.717) is 24.7 Å². The summed E-state index contributed by atoms with van der Waals surface area (Å²) in [5.41, 5.74) is 0.655. The maximum atomic E-state index is 12.7. The molecule has 0 unspecified atom stereocenters. The molecule has 0 aliphatic heterocycles. The van der Waals surface area contributed by atoms with Crippen molar-refractivity contribution in [1.29, 1.82) is 0 Å². The molecule has 4 rings (SSSR count). The second-order valence-electron chi connectivity index (χ2n) is 6.31. The summed E-state index contributed by atoms with van der Waals surface area (Å²) in [6, 6.07) is 7.42. The predicted octanol–water partition coefficient (Wildman–Crippen LogP) is 1.86. The van der Waals surface area contributed by atoms with E-state index >= 15 is 0 Å². The fourth-order valence-corrected chi connectivity index (χ4v) is 2.81. The second-order valence-corrected chi connectivity index (χ2v) is 6.31. The molecule has 3 aromatic heterocycles. The molecule has 0 atom stereocenters. The summed E-state index contributed by atoms with van der Waals surface area (Å²) in [5, 5.41) is 7.21. The van der Waals surface area contributed by atoms with Gasteiger partial charge in [-0.25, -0.2) is 9.48 Å². The standard InChI is InChI=1S/C19H19N5O3/c25-17(8-7-16-4-2-12-27-16)21-10-11-23-19(26)24(15-5-6-15)18(22-23)14-3-1-9-20-13-14/h1-4,7-9,12-13,15H,5-6,10-11H2,(H,21,25). The Morgan fingerprint density at radius 2 is 2.22 bits per heavy atom. The molecule has 27 heavy (non-hydrogen) atoms. The van der Waals surface area contributed by atoms with E-state index in [1.54, 1.807) is 41.4 Å². The number of hydrogen-bond acceptors (Lipinski definition) is 5. The number of hydrogen-bond donors (Lipinski definition) is 1. The van der Waals surface area contributed by atoms with Crippen LogP contribution in [0.4, 0.5) is 0 Å². The lowest BCUT2D eigenvalue weighted by Gasteiger charge is -2.02. The monoisotopic (exact) mass is 365 g/mol. The zero-order chi connectivity index (χ0) is 18.6. The van der Waals surface area contributed by atoms with Crippen LogP contribution in [0.25, 0.3) is 17.5 Å². The minimum Gasteiger partial charge on any atom is -0.465 e. The molecule has 1 fully saturated rings. The molecule has 1 aliphatic carbocycles. The Hall–Kier alpha value is -3.42. The van der Waals surface area contributed by atoms with Crippen LogP contribution in [0.2, 0.25) is 0 Å². The van der Waals surface area contributed by atoms with Gasteiger partial charge in [0, 0.05) is 36.6 Å². The van der Waals surface area contributed by atoms with Gasteiger partial charge >= 0.3 is 5.69 Å². The Bertz CT molecular complexity index is 998. The van der Waals surface area contributed by atoms with Gasteiger partial charge < -0.3 is 9.73 Å². The first kappa shape index (κ1) is 17.0. The molecule has 0 spiro atoms. The molecule has 1 saturated carbocycles. The van der Waals surface area contributed by atoms with Crippen LogP contribution in [0.5, 0.6) is 0 Å². The van der Waals surface area contributed by atoms with Crippen LogP contribution >= 0.6 is 0 Å². The highest BCUT2D eigenvalue weighted by atomic mass is 16.3. The van der Waals surface area contributed by atoms with Crippen molar-refractivity contribution in [2.75, 3.05) is 6.54 Å². The van der Waals surface area contributed by atoms with E-state index in [1.165, 1.54) is 10.8 Å². The van der Waals surface area contributed by atoms with Gasteiger partial charge in [-0.05, 0) is 43.2 Å². The number of rotatable bonds is 7. The molecule has 0 bridgehead atoms. The summed E-state index contributed by atoms with van der Waals surface area (Å²) >= 11 is 0. The topological polar surface area (TPSA) is 94.9 Å². The summed E-state index contributed by atoms with van der Waals surface area (Å²) < 4.78 is 8.26. The van der Waals surface area contributed by atoms with Crippen molar-refractivity contribution in [3.8, 4) is 11.4 Å². The van der Waals surface area contributed by atoms with Crippen molar-refractivity contribution in [2.24, 2.45) is 0 Å². The molecule has 0 aromatic carbocycles. The van der Waals surface area contributed by atoms with Gasteiger partial charge in [0.05, 0.1) is 12.8 Å². The number of carbonyl (C=O) groups excluding carboxylic acids is 1. The minimum absolute atomic E-state index is 0.156. The van der Waals surface area contributed by atoms with Crippen molar-refractivity contribution in [2.45, 2.75) is 25.4 Å². The van der Waals surface area contributed by atoms with Gasteiger partial charge in [-0.1, -0.05) is 0 Å². The van der Waals surface area contributed by atoms with E-state index < -0.39 is 0 Å². The lowest BCUT2D eigenvalue weighted by Crippen LogP contribution is -2.31. The lowest BCUT2D eigenvalue weighted by molar-refractivity contribution is -0.116. The predicted molar refractivity (Wildman–Crippen MR) is 98.7 cm³/mol. The van der Waals surface area contributed by atoms with Crippen LogP contribution in [-0.2, 0) is 11.3 Å². The number of pyridine rings is 1. The SMILES string of the molecule is O=C(C=Cc1ccco1)NCCn1nc(-c2cccnc2)n(C2CC2)c1=O. The summed E-state index contributed by atoms with van der Waals surface area (Å²) in [4.78, 5) is 28.7. The van der Waals surface area contributed by atoms with Crippen LogP contribution in [-0.4, -0.2) is 31.8 Å². The van der Waals surface area contributed by atoms with Crippen molar-refractivity contribution in [1.82, 2.24) is 24.6 Å². The number of carbonyl (C=O) groups is 1. The van der Waals surface area contributed by atoms with Crippen molar-refractivity contribution >= 4 is 12.0 Å². The zero-order valence-electron chi connectivity index (χ0n) is 14.6. The Morgan fingerprint density at radius 1 is 1.33 bits per heavy atom. The number of furan rings is 1. The first-order valence-corrected chi connectivity index (χ1v) is 8.81. The average molecular weight is 365 g/mol. The van der Waals surface area contributed by atoms with Crippen molar-refractivity contribution in [3.05, 3.63) is 65.2 Å². The molecule has 1 aliphatic rings. The lowest BCUT2D eigenvalue weighted by atomic mass is 10.3. The zero-order valence-corrected chi connectivity index (χ0v) is 14.6. The van der Waals surface area contributed by atoms with E-state index in [-0.39, 0.29) is 17.6 Å². The molecule has 1 amide bonds. The highest BCUT2D eigenvalue weighted by molar-refractivity contribution is 5.91. The van der Waals surface area contributed by atoms with Crippen LogP contribution in [0, 0.1) is 0 Å². The van der Waals surface area contributed by atoms with Crippen LogP contribution in [0.1, 0.15) is 24.6 Å². The number of aromatic nitrogens is 4. The van der Waals surface area contributed by atoms with E-state index in [1.807, 2.05) is 12.1 Å². The fourth-order valence-electron chi connectivity index (χ4n) is 2.81. The van der Waals surface area contributed by atoms with Gasteiger partial charge in [0.2, 0.25) is 5.91 Å². The molecule has 8 nitrogen and oxygen atoms in total.